The molecule has 0 N–H and O–H groups in total. The number of aryl methyl sites for hydroxylation is 2. The highest BCUT2D eigenvalue weighted by Crippen LogP contribution is 2.34. The summed E-state index contributed by atoms with van der Waals surface area (Å²) in [6.45, 7) is 1.14. The second-order valence-corrected chi connectivity index (χ2v) is 10.0. The number of methoxy groups -OCH3 is 1. The monoisotopic (exact) mass is 471 g/mol. The molecule has 0 saturated carbocycles. The van der Waals surface area contributed by atoms with Gasteiger partial charge in [0.05, 0.1) is 25.9 Å². The van der Waals surface area contributed by atoms with Gasteiger partial charge in [-0.25, -0.2) is 13.2 Å². The Balaban J connectivity index is 1.43. The van der Waals surface area contributed by atoms with E-state index >= 15 is 0 Å². The van der Waals surface area contributed by atoms with E-state index in [1.807, 2.05) is 6.07 Å². The number of carbonyl (C=O) groups excluding carboxylic acids is 1. The molecular formula is C24H25NO7S. The fourth-order valence-electron chi connectivity index (χ4n) is 4.40. The van der Waals surface area contributed by atoms with Crippen LogP contribution in [-0.2, 0) is 27.6 Å². The lowest BCUT2D eigenvalue weighted by atomic mass is 9.96. The predicted molar refractivity (Wildman–Crippen MR) is 120 cm³/mol. The molecule has 2 aromatic carbocycles. The Bertz CT molecular complexity index is 1310. The van der Waals surface area contributed by atoms with Crippen LogP contribution in [0.25, 0.3) is 11.0 Å². The van der Waals surface area contributed by atoms with Crippen molar-refractivity contribution in [2.24, 2.45) is 0 Å². The van der Waals surface area contributed by atoms with Gasteiger partial charge in [0, 0.05) is 30.5 Å². The lowest BCUT2D eigenvalue weighted by Gasteiger charge is -2.26. The quantitative estimate of drug-likeness (QED) is 0.415. The number of benzene rings is 2. The van der Waals surface area contributed by atoms with Gasteiger partial charge in [-0.3, -0.25) is 0 Å². The van der Waals surface area contributed by atoms with Crippen molar-refractivity contribution in [3.8, 4) is 11.5 Å². The molecule has 174 valence electrons. The maximum absolute atomic E-state index is 13.2. The largest absolute Gasteiger partial charge is 0.495 e. The fourth-order valence-corrected chi connectivity index (χ4v) is 5.99. The molecule has 0 atom stereocenters. The van der Waals surface area contributed by atoms with Crippen LogP contribution in [0.15, 0.2) is 45.7 Å². The third-order valence-corrected chi connectivity index (χ3v) is 8.04. The highest BCUT2D eigenvalue weighted by atomic mass is 32.2. The van der Waals surface area contributed by atoms with Crippen LogP contribution in [0.3, 0.4) is 0 Å². The summed E-state index contributed by atoms with van der Waals surface area (Å²) >= 11 is 0. The molecule has 1 aromatic heterocycles. The Morgan fingerprint density at radius 3 is 2.61 bits per heavy atom. The van der Waals surface area contributed by atoms with Gasteiger partial charge in [0.15, 0.2) is 0 Å². The highest BCUT2D eigenvalue weighted by Gasteiger charge is 2.30. The molecule has 1 aliphatic carbocycles. The van der Waals surface area contributed by atoms with Crippen molar-refractivity contribution in [3.63, 3.8) is 0 Å². The van der Waals surface area contributed by atoms with E-state index in [0.29, 0.717) is 19.0 Å². The summed E-state index contributed by atoms with van der Waals surface area (Å²) in [4.78, 5) is 12.8. The Labute approximate surface area is 192 Å². The smallest absolute Gasteiger partial charge is 0.343 e. The molecule has 0 unspecified atom stereocenters. The third kappa shape index (κ3) is 4.12. The van der Waals surface area contributed by atoms with E-state index in [2.05, 4.69) is 0 Å². The van der Waals surface area contributed by atoms with Crippen LogP contribution in [0.2, 0.25) is 0 Å². The van der Waals surface area contributed by atoms with Crippen LogP contribution >= 0.6 is 0 Å². The normalized spacial score (nSPS) is 17.0. The summed E-state index contributed by atoms with van der Waals surface area (Å²) in [7, 11) is -2.46. The summed E-state index contributed by atoms with van der Waals surface area (Å²) in [6.07, 6.45) is 4.09. The van der Waals surface area contributed by atoms with Gasteiger partial charge in [-0.05, 0) is 55.7 Å². The van der Waals surface area contributed by atoms with Crippen LogP contribution in [0.1, 0.15) is 34.5 Å². The van der Waals surface area contributed by atoms with E-state index in [1.165, 1.54) is 35.2 Å². The predicted octanol–water partition coefficient (Wildman–Crippen LogP) is 3.56. The summed E-state index contributed by atoms with van der Waals surface area (Å²) < 4.78 is 49.8. The zero-order chi connectivity index (χ0) is 23.0. The molecule has 2 aliphatic rings. The first-order chi connectivity index (χ1) is 16.0. The SMILES string of the molecule is COc1ccc(C(=O)Oc2ccc3oc4c(c3c2)CCCC4)cc1S(=O)(=O)N1CCOCC1. The van der Waals surface area contributed by atoms with Crippen molar-refractivity contribution in [1.29, 1.82) is 0 Å². The van der Waals surface area contributed by atoms with Crippen LogP contribution in [0, 0.1) is 0 Å². The van der Waals surface area contributed by atoms with Gasteiger partial charge in [-0.1, -0.05) is 0 Å². The Kier molecular flexibility index (Phi) is 5.86. The van der Waals surface area contributed by atoms with E-state index in [0.717, 1.165) is 42.4 Å². The standard InChI is InChI=1S/C24H25NO7S/c1-29-22-8-6-16(14-23(22)33(27,28)25-10-12-30-13-11-25)24(26)31-17-7-9-21-19(15-17)18-4-2-3-5-20(18)32-21/h6-9,14-15H,2-5,10-13H2,1H3. The molecule has 0 amide bonds. The summed E-state index contributed by atoms with van der Waals surface area (Å²) in [5.41, 5.74) is 2.08. The number of nitrogens with zero attached hydrogens (tertiary/aromatic N) is 1. The van der Waals surface area contributed by atoms with E-state index in [1.54, 1.807) is 12.1 Å². The molecule has 1 fully saturated rings. The average Bonchev–Trinajstić information content (AvgIpc) is 3.22. The number of carbonyl (C=O) groups is 1. The second kappa shape index (κ2) is 8.81. The van der Waals surface area contributed by atoms with Gasteiger partial charge in [-0.15, -0.1) is 0 Å². The van der Waals surface area contributed by atoms with Crippen molar-refractivity contribution >= 4 is 27.0 Å². The number of esters is 1. The number of hydrogen-bond acceptors (Lipinski definition) is 7. The molecule has 1 aliphatic heterocycles. The zero-order valence-corrected chi connectivity index (χ0v) is 19.2. The van der Waals surface area contributed by atoms with Crippen LogP contribution in [-0.4, -0.2) is 52.1 Å². The van der Waals surface area contributed by atoms with Crippen LogP contribution in [0.4, 0.5) is 0 Å². The van der Waals surface area contributed by atoms with E-state index < -0.39 is 16.0 Å². The van der Waals surface area contributed by atoms with Gasteiger partial charge >= 0.3 is 5.97 Å². The molecule has 5 rings (SSSR count). The summed E-state index contributed by atoms with van der Waals surface area (Å²) in [5.74, 6) is 0.917. The molecular weight excluding hydrogens is 446 g/mol. The first-order valence-corrected chi connectivity index (χ1v) is 12.4. The topological polar surface area (TPSA) is 95.3 Å². The van der Waals surface area contributed by atoms with Gasteiger partial charge in [0.25, 0.3) is 0 Å². The van der Waals surface area contributed by atoms with Crippen LogP contribution < -0.4 is 9.47 Å². The minimum absolute atomic E-state index is 0.0688. The lowest BCUT2D eigenvalue weighted by molar-refractivity contribution is 0.0726. The highest BCUT2D eigenvalue weighted by molar-refractivity contribution is 7.89. The van der Waals surface area contributed by atoms with E-state index in [4.69, 9.17) is 18.6 Å². The van der Waals surface area contributed by atoms with Crippen molar-refractivity contribution < 1.29 is 31.8 Å². The number of furan rings is 1. The number of morpholine rings is 1. The van der Waals surface area contributed by atoms with Gasteiger partial charge in [-0.2, -0.15) is 4.31 Å². The van der Waals surface area contributed by atoms with E-state index in [-0.39, 0.29) is 29.3 Å². The molecule has 0 spiro atoms. The average molecular weight is 472 g/mol. The lowest BCUT2D eigenvalue weighted by Crippen LogP contribution is -2.40. The van der Waals surface area contributed by atoms with Crippen molar-refractivity contribution in [2.75, 3.05) is 33.4 Å². The first-order valence-electron chi connectivity index (χ1n) is 11.0. The second-order valence-electron chi connectivity index (χ2n) is 8.14. The molecule has 2 heterocycles. The van der Waals surface area contributed by atoms with Crippen molar-refractivity contribution in [1.82, 2.24) is 4.31 Å². The Morgan fingerprint density at radius 2 is 1.82 bits per heavy atom. The molecule has 33 heavy (non-hydrogen) atoms. The summed E-state index contributed by atoms with van der Waals surface area (Å²) in [6, 6.07) is 9.58. The molecule has 9 heteroatoms. The number of ether oxygens (including phenoxy) is 3. The van der Waals surface area contributed by atoms with Gasteiger partial charge in [0.2, 0.25) is 10.0 Å². The number of sulfonamides is 1. The maximum Gasteiger partial charge on any atom is 0.343 e. The molecule has 0 bridgehead atoms. The van der Waals surface area contributed by atoms with Crippen molar-refractivity contribution in [2.45, 2.75) is 30.6 Å². The van der Waals surface area contributed by atoms with Crippen molar-refractivity contribution in [3.05, 3.63) is 53.3 Å². The number of fused-ring (bicyclic) bond motifs is 3. The number of hydrogen-bond donors (Lipinski definition) is 0. The van der Waals surface area contributed by atoms with Crippen LogP contribution in [0.5, 0.6) is 11.5 Å². The Hall–Kier alpha value is -2.88. The molecule has 8 nitrogen and oxygen atoms in total. The third-order valence-electron chi connectivity index (χ3n) is 6.12. The van der Waals surface area contributed by atoms with Gasteiger partial charge in [0.1, 0.15) is 27.7 Å². The molecule has 0 radical (unpaired) electrons. The number of rotatable bonds is 5. The zero-order valence-electron chi connectivity index (χ0n) is 18.3. The summed E-state index contributed by atoms with van der Waals surface area (Å²) in [5, 5.41) is 0.959. The molecule has 1 saturated heterocycles. The minimum atomic E-state index is -3.86. The Morgan fingerprint density at radius 1 is 1.03 bits per heavy atom. The van der Waals surface area contributed by atoms with E-state index in [9.17, 15) is 13.2 Å². The molecule has 3 aromatic rings. The minimum Gasteiger partial charge on any atom is -0.495 e. The maximum atomic E-state index is 13.2. The fraction of sp³-hybridized carbons (Fsp3) is 0.375. The van der Waals surface area contributed by atoms with Gasteiger partial charge < -0.3 is 18.6 Å². The first kappa shape index (κ1) is 21.9.